The van der Waals surface area contributed by atoms with Crippen molar-refractivity contribution in [3.8, 4) is 0 Å². The Hall–Kier alpha value is -2.43. The molecule has 0 aliphatic rings. The van der Waals surface area contributed by atoms with E-state index in [0.29, 0.717) is 0 Å². The second-order valence-corrected chi connectivity index (χ2v) is 4.35. The fraction of sp³-hybridized carbons (Fsp3) is 0.133. The number of hydrogen-bond acceptors (Lipinski definition) is 2. The van der Waals surface area contributed by atoms with Crippen molar-refractivity contribution in [2.24, 2.45) is 0 Å². The van der Waals surface area contributed by atoms with Crippen LogP contribution >= 0.6 is 0 Å². The summed E-state index contributed by atoms with van der Waals surface area (Å²) in [5, 5.41) is 5.21. The van der Waals surface area contributed by atoms with Gasteiger partial charge in [-0.1, -0.05) is 18.2 Å². The van der Waals surface area contributed by atoms with Crippen LogP contribution < -0.4 is 10.6 Å². The molecule has 0 saturated heterocycles. The molecule has 2 rings (SSSR count). The third kappa shape index (κ3) is 3.54. The normalized spacial score (nSPS) is 10.2. The van der Waals surface area contributed by atoms with Crippen molar-refractivity contribution in [1.82, 2.24) is 0 Å². The average molecular weight is 276 g/mol. The average Bonchev–Trinajstić information content (AvgIpc) is 2.44. The number of carbonyl (C=O) groups is 1. The van der Waals surface area contributed by atoms with Crippen molar-refractivity contribution in [1.29, 1.82) is 0 Å². The lowest BCUT2D eigenvalue weighted by molar-refractivity contribution is -0.114. The highest BCUT2D eigenvalue weighted by Crippen LogP contribution is 2.18. The van der Waals surface area contributed by atoms with Gasteiger partial charge < -0.3 is 10.6 Å². The van der Waals surface area contributed by atoms with Crippen LogP contribution in [0.3, 0.4) is 0 Å². The lowest BCUT2D eigenvalue weighted by Gasteiger charge is -2.09. The first kappa shape index (κ1) is 14.0. The third-order valence-electron chi connectivity index (χ3n) is 2.75. The van der Waals surface area contributed by atoms with Gasteiger partial charge in [0, 0.05) is 11.8 Å². The van der Waals surface area contributed by atoms with Crippen LogP contribution in [0.25, 0.3) is 0 Å². The van der Waals surface area contributed by atoms with Gasteiger partial charge in [-0.05, 0) is 30.7 Å². The highest BCUT2D eigenvalue weighted by atomic mass is 19.1. The van der Waals surface area contributed by atoms with Gasteiger partial charge in [-0.2, -0.15) is 0 Å². The number of anilines is 2. The molecule has 0 saturated carbocycles. The van der Waals surface area contributed by atoms with Gasteiger partial charge in [0.05, 0.1) is 12.2 Å². The summed E-state index contributed by atoms with van der Waals surface area (Å²) >= 11 is 0. The van der Waals surface area contributed by atoms with Crippen molar-refractivity contribution in [3.05, 3.63) is 59.7 Å². The Morgan fingerprint density at radius 3 is 2.50 bits per heavy atom. The molecule has 2 aromatic carbocycles. The predicted molar refractivity (Wildman–Crippen MR) is 74.7 cm³/mol. The van der Waals surface area contributed by atoms with Gasteiger partial charge in [0.15, 0.2) is 0 Å². The van der Waals surface area contributed by atoms with Crippen LogP contribution in [0, 0.1) is 18.6 Å². The molecule has 1 amide bonds. The number of aryl methyl sites for hydroxylation is 1. The SMILES string of the molecule is Cc1cc(F)c(NC(=O)CNc2ccccc2)cc1F. The molecule has 104 valence electrons. The highest BCUT2D eigenvalue weighted by molar-refractivity contribution is 5.93. The van der Waals surface area contributed by atoms with E-state index in [1.807, 2.05) is 18.2 Å². The Morgan fingerprint density at radius 2 is 1.80 bits per heavy atom. The number of amides is 1. The second kappa shape index (κ2) is 6.14. The van der Waals surface area contributed by atoms with Crippen LogP contribution in [0.4, 0.5) is 20.2 Å². The Labute approximate surface area is 115 Å². The molecular formula is C15H14F2N2O. The van der Waals surface area contributed by atoms with E-state index in [0.717, 1.165) is 17.8 Å². The number of carbonyl (C=O) groups excluding carboxylic acids is 1. The smallest absolute Gasteiger partial charge is 0.243 e. The highest BCUT2D eigenvalue weighted by Gasteiger charge is 2.10. The third-order valence-corrected chi connectivity index (χ3v) is 2.75. The monoisotopic (exact) mass is 276 g/mol. The van der Waals surface area contributed by atoms with Crippen molar-refractivity contribution in [3.63, 3.8) is 0 Å². The standard InChI is InChI=1S/C15H14F2N2O/c1-10-7-13(17)14(8-12(10)16)19-15(20)9-18-11-5-3-2-4-6-11/h2-8,18H,9H2,1H3,(H,19,20). The number of halogens is 2. The summed E-state index contributed by atoms with van der Waals surface area (Å²) < 4.78 is 26.9. The van der Waals surface area contributed by atoms with E-state index >= 15 is 0 Å². The van der Waals surface area contributed by atoms with E-state index < -0.39 is 17.5 Å². The van der Waals surface area contributed by atoms with E-state index in [2.05, 4.69) is 10.6 Å². The number of benzene rings is 2. The summed E-state index contributed by atoms with van der Waals surface area (Å²) in [7, 11) is 0. The summed E-state index contributed by atoms with van der Waals surface area (Å²) in [5.41, 5.74) is 0.814. The summed E-state index contributed by atoms with van der Waals surface area (Å²) in [6.07, 6.45) is 0. The molecule has 0 aliphatic heterocycles. The molecule has 20 heavy (non-hydrogen) atoms. The molecule has 5 heteroatoms. The predicted octanol–water partition coefficient (Wildman–Crippen LogP) is 3.32. The first-order chi connectivity index (χ1) is 9.56. The molecule has 3 nitrogen and oxygen atoms in total. The lowest BCUT2D eigenvalue weighted by Crippen LogP contribution is -2.22. The zero-order chi connectivity index (χ0) is 14.5. The molecular weight excluding hydrogens is 262 g/mol. The molecule has 0 unspecified atom stereocenters. The zero-order valence-corrected chi connectivity index (χ0v) is 10.9. The Bertz CT molecular complexity index is 615. The zero-order valence-electron chi connectivity index (χ0n) is 10.9. The van der Waals surface area contributed by atoms with Gasteiger partial charge in [0.25, 0.3) is 0 Å². The summed E-state index contributed by atoms with van der Waals surface area (Å²) in [4.78, 5) is 11.7. The topological polar surface area (TPSA) is 41.1 Å². The fourth-order valence-corrected chi connectivity index (χ4v) is 1.67. The minimum Gasteiger partial charge on any atom is -0.376 e. The van der Waals surface area contributed by atoms with Gasteiger partial charge in [-0.25, -0.2) is 8.78 Å². The molecule has 0 fully saturated rings. The van der Waals surface area contributed by atoms with E-state index in [4.69, 9.17) is 0 Å². The quantitative estimate of drug-likeness (QED) is 0.899. The number of nitrogens with one attached hydrogen (secondary N) is 2. The van der Waals surface area contributed by atoms with E-state index in [1.54, 1.807) is 12.1 Å². The molecule has 0 spiro atoms. The molecule has 2 N–H and O–H groups in total. The Kier molecular flexibility index (Phi) is 4.30. The van der Waals surface area contributed by atoms with Gasteiger partial charge in [-0.15, -0.1) is 0 Å². The Balaban J connectivity index is 1.97. The van der Waals surface area contributed by atoms with Crippen molar-refractivity contribution < 1.29 is 13.6 Å². The molecule has 0 aromatic heterocycles. The first-order valence-electron chi connectivity index (χ1n) is 6.10. The summed E-state index contributed by atoms with van der Waals surface area (Å²) in [5.74, 6) is -1.66. The van der Waals surface area contributed by atoms with Crippen LogP contribution in [-0.2, 0) is 4.79 Å². The number of hydrogen-bond donors (Lipinski definition) is 2. The van der Waals surface area contributed by atoms with E-state index in [9.17, 15) is 13.6 Å². The lowest BCUT2D eigenvalue weighted by atomic mass is 10.2. The number of rotatable bonds is 4. The van der Waals surface area contributed by atoms with Gasteiger partial charge in [-0.3, -0.25) is 4.79 Å². The molecule has 0 atom stereocenters. The van der Waals surface area contributed by atoms with Gasteiger partial charge >= 0.3 is 0 Å². The maximum atomic E-state index is 13.6. The fourth-order valence-electron chi connectivity index (χ4n) is 1.67. The van der Waals surface area contributed by atoms with Crippen molar-refractivity contribution >= 4 is 17.3 Å². The van der Waals surface area contributed by atoms with Crippen LogP contribution in [0.2, 0.25) is 0 Å². The van der Waals surface area contributed by atoms with Crippen molar-refractivity contribution in [2.75, 3.05) is 17.2 Å². The largest absolute Gasteiger partial charge is 0.376 e. The minimum atomic E-state index is -0.656. The first-order valence-corrected chi connectivity index (χ1v) is 6.10. The van der Waals surface area contributed by atoms with E-state index in [1.165, 1.54) is 6.92 Å². The van der Waals surface area contributed by atoms with Gasteiger partial charge in [0.1, 0.15) is 11.6 Å². The summed E-state index contributed by atoms with van der Waals surface area (Å²) in [6, 6.07) is 11.2. The second-order valence-electron chi connectivity index (χ2n) is 4.35. The maximum absolute atomic E-state index is 13.6. The van der Waals surface area contributed by atoms with Crippen LogP contribution in [0.5, 0.6) is 0 Å². The molecule has 0 heterocycles. The minimum absolute atomic E-state index is 0.0288. The molecule has 0 bridgehead atoms. The van der Waals surface area contributed by atoms with Crippen LogP contribution in [0.1, 0.15) is 5.56 Å². The number of para-hydroxylation sites is 1. The van der Waals surface area contributed by atoms with E-state index in [-0.39, 0.29) is 17.8 Å². The summed E-state index contributed by atoms with van der Waals surface area (Å²) in [6.45, 7) is 1.43. The molecule has 0 radical (unpaired) electrons. The molecule has 2 aromatic rings. The molecule has 0 aliphatic carbocycles. The van der Waals surface area contributed by atoms with Crippen LogP contribution in [-0.4, -0.2) is 12.5 Å². The maximum Gasteiger partial charge on any atom is 0.243 e. The van der Waals surface area contributed by atoms with Gasteiger partial charge in [0.2, 0.25) is 5.91 Å². The Morgan fingerprint density at radius 1 is 1.10 bits per heavy atom. The van der Waals surface area contributed by atoms with Crippen molar-refractivity contribution in [2.45, 2.75) is 6.92 Å². The van der Waals surface area contributed by atoms with Crippen LogP contribution in [0.15, 0.2) is 42.5 Å².